The number of esters is 1. The molecule has 378 valence electrons. The average Bonchev–Trinajstić information content (AvgIpc) is 3.29. The Morgan fingerprint density at radius 3 is 1.17 bits per heavy atom. The van der Waals surface area contributed by atoms with Crippen LogP contribution in [0.5, 0.6) is 0 Å². The van der Waals surface area contributed by atoms with Gasteiger partial charge >= 0.3 is 5.97 Å². The van der Waals surface area contributed by atoms with E-state index in [1.54, 1.807) is 0 Å². The Hall–Kier alpha value is -1.66. The first-order valence-corrected chi connectivity index (χ1v) is 28.6. The largest absolute Gasteiger partial charge is 0.466 e. The molecule has 0 radical (unpaired) electrons. The molecule has 0 bridgehead atoms. The highest BCUT2D eigenvalue weighted by molar-refractivity contribution is 5.76. The van der Waals surface area contributed by atoms with Gasteiger partial charge in [0.05, 0.1) is 25.4 Å². The van der Waals surface area contributed by atoms with Crippen molar-refractivity contribution in [2.75, 3.05) is 13.2 Å². The van der Waals surface area contributed by atoms with Gasteiger partial charge in [0.2, 0.25) is 5.91 Å². The third kappa shape index (κ3) is 49.8. The number of carbonyl (C=O) groups excluding carboxylic acids is 2. The summed E-state index contributed by atoms with van der Waals surface area (Å²) in [7, 11) is 0. The van der Waals surface area contributed by atoms with Crippen LogP contribution in [0.15, 0.2) is 24.3 Å². The van der Waals surface area contributed by atoms with Crippen LogP contribution in [0.1, 0.15) is 309 Å². The number of hydrogen-bond acceptors (Lipinski definition) is 5. The SMILES string of the molecule is CCCC/C=C\CCCCCCCC(=O)OCCCCCCCC/C=C\CCCCCC(=O)NC(CO)C(O)CCCCCCCCCCCCCCCCCCCCCCCCC. The lowest BCUT2D eigenvalue weighted by atomic mass is 10.0. The van der Waals surface area contributed by atoms with Crippen molar-refractivity contribution in [3.05, 3.63) is 24.3 Å². The maximum absolute atomic E-state index is 12.5. The van der Waals surface area contributed by atoms with Crippen LogP contribution in [0, 0.1) is 0 Å². The third-order valence-corrected chi connectivity index (χ3v) is 13.2. The van der Waals surface area contributed by atoms with Crippen molar-refractivity contribution in [3.63, 3.8) is 0 Å². The number of carbonyl (C=O) groups is 2. The predicted octanol–water partition coefficient (Wildman–Crippen LogP) is 17.5. The van der Waals surface area contributed by atoms with Crippen molar-refractivity contribution >= 4 is 11.9 Å². The highest BCUT2D eigenvalue weighted by Gasteiger charge is 2.20. The number of amides is 1. The Kier molecular flexibility index (Phi) is 52.6. The Morgan fingerprint density at radius 2 is 0.750 bits per heavy atom. The zero-order chi connectivity index (χ0) is 46.5. The van der Waals surface area contributed by atoms with Gasteiger partial charge in [-0.3, -0.25) is 9.59 Å². The van der Waals surface area contributed by atoms with Crippen molar-refractivity contribution in [1.82, 2.24) is 5.32 Å². The normalized spacial score (nSPS) is 12.8. The van der Waals surface area contributed by atoms with Gasteiger partial charge < -0.3 is 20.3 Å². The van der Waals surface area contributed by atoms with Crippen LogP contribution in [0.3, 0.4) is 0 Å². The topological polar surface area (TPSA) is 95.9 Å². The van der Waals surface area contributed by atoms with Crippen molar-refractivity contribution in [2.24, 2.45) is 0 Å². The van der Waals surface area contributed by atoms with Crippen molar-refractivity contribution < 1.29 is 24.5 Å². The maximum Gasteiger partial charge on any atom is 0.305 e. The molecule has 0 aliphatic carbocycles. The number of ether oxygens (including phenoxy) is 1. The van der Waals surface area contributed by atoms with Gasteiger partial charge in [-0.15, -0.1) is 0 Å². The summed E-state index contributed by atoms with van der Waals surface area (Å²) in [5.74, 6) is -0.0858. The van der Waals surface area contributed by atoms with Gasteiger partial charge in [-0.2, -0.15) is 0 Å². The van der Waals surface area contributed by atoms with E-state index in [0.717, 1.165) is 70.6 Å². The van der Waals surface area contributed by atoms with E-state index in [1.807, 2.05) is 0 Å². The Morgan fingerprint density at radius 1 is 0.422 bits per heavy atom. The number of rotatable bonds is 53. The summed E-state index contributed by atoms with van der Waals surface area (Å²) in [5, 5.41) is 23.3. The molecule has 0 aromatic heterocycles. The molecule has 0 saturated carbocycles. The van der Waals surface area contributed by atoms with Crippen molar-refractivity contribution in [1.29, 1.82) is 0 Å². The summed E-state index contributed by atoms with van der Waals surface area (Å²) in [6.45, 7) is 4.88. The molecule has 6 heteroatoms. The zero-order valence-electron chi connectivity index (χ0n) is 43.0. The standard InChI is InChI=1S/C58H111NO5/c1-3-5-7-9-11-13-15-16-17-18-19-20-21-22-23-24-25-27-31-34-38-42-46-50-56(61)55(54-60)59-57(62)51-47-43-39-35-32-28-26-29-33-37-41-45-49-53-64-58(63)52-48-44-40-36-30-14-12-10-8-6-4-2/h10,12,28,32,55-56,60-61H,3-9,11,13-27,29-31,33-54H2,1-2H3,(H,59,62)/b12-10-,32-28-. The molecule has 0 saturated heterocycles. The molecule has 0 aromatic carbocycles. The molecule has 2 unspecified atom stereocenters. The second kappa shape index (κ2) is 54.0. The van der Waals surface area contributed by atoms with Crippen molar-refractivity contribution in [2.45, 2.75) is 321 Å². The fraction of sp³-hybridized carbons (Fsp3) is 0.897. The molecule has 0 aliphatic rings. The second-order valence-electron chi connectivity index (χ2n) is 19.6. The maximum atomic E-state index is 12.5. The molecule has 0 aliphatic heterocycles. The highest BCUT2D eigenvalue weighted by atomic mass is 16.5. The average molecular weight is 903 g/mol. The monoisotopic (exact) mass is 902 g/mol. The quantitative estimate of drug-likeness (QED) is 0.0321. The van der Waals surface area contributed by atoms with E-state index in [4.69, 9.17) is 4.74 Å². The Balaban J connectivity index is 3.49. The second-order valence-corrected chi connectivity index (χ2v) is 19.6. The third-order valence-electron chi connectivity index (χ3n) is 13.2. The highest BCUT2D eigenvalue weighted by Crippen LogP contribution is 2.17. The summed E-state index contributed by atoms with van der Waals surface area (Å²) >= 11 is 0. The van der Waals surface area contributed by atoms with E-state index in [-0.39, 0.29) is 18.5 Å². The van der Waals surface area contributed by atoms with E-state index < -0.39 is 12.1 Å². The first-order chi connectivity index (χ1) is 31.5. The van der Waals surface area contributed by atoms with Crippen LogP contribution in [-0.4, -0.2) is 47.4 Å². The molecule has 64 heavy (non-hydrogen) atoms. The molecule has 0 aromatic rings. The molecule has 1 amide bonds. The van der Waals surface area contributed by atoms with Gasteiger partial charge in [-0.25, -0.2) is 0 Å². The Bertz CT molecular complexity index is 997. The minimum Gasteiger partial charge on any atom is -0.466 e. The van der Waals surface area contributed by atoms with E-state index >= 15 is 0 Å². The number of aliphatic hydroxyl groups is 2. The minimum absolute atomic E-state index is 0.0231. The van der Waals surface area contributed by atoms with Gasteiger partial charge in [-0.1, -0.05) is 250 Å². The first-order valence-electron chi connectivity index (χ1n) is 28.6. The summed E-state index contributed by atoms with van der Waals surface area (Å²) in [5.41, 5.74) is 0. The van der Waals surface area contributed by atoms with Gasteiger partial charge in [-0.05, 0) is 70.6 Å². The van der Waals surface area contributed by atoms with Crippen LogP contribution in [0.4, 0.5) is 0 Å². The van der Waals surface area contributed by atoms with E-state index in [9.17, 15) is 19.8 Å². The minimum atomic E-state index is -0.682. The van der Waals surface area contributed by atoms with Crippen LogP contribution in [-0.2, 0) is 14.3 Å². The van der Waals surface area contributed by atoms with Crippen LogP contribution >= 0.6 is 0 Å². The Labute approximate surface area is 399 Å². The molecule has 6 nitrogen and oxygen atoms in total. The fourth-order valence-electron chi connectivity index (χ4n) is 8.79. The number of unbranched alkanes of at least 4 members (excludes halogenated alkanes) is 38. The summed E-state index contributed by atoms with van der Waals surface area (Å²) in [4.78, 5) is 24.5. The van der Waals surface area contributed by atoms with Gasteiger partial charge in [0.1, 0.15) is 0 Å². The molecule has 2 atom stereocenters. The van der Waals surface area contributed by atoms with Gasteiger partial charge in [0, 0.05) is 12.8 Å². The zero-order valence-corrected chi connectivity index (χ0v) is 43.0. The molecule has 0 fully saturated rings. The van der Waals surface area contributed by atoms with Crippen LogP contribution in [0.2, 0.25) is 0 Å². The predicted molar refractivity (Wildman–Crippen MR) is 278 cm³/mol. The molecule has 0 rings (SSSR count). The lowest BCUT2D eigenvalue weighted by Gasteiger charge is -2.22. The van der Waals surface area contributed by atoms with Gasteiger partial charge in [0.15, 0.2) is 0 Å². The van der Waals surface area contributed by atoms with E-state index in [1.165, 1.54) is 205 Å². The number of nitrogens with one attached hydrogen (secondary N) is 1. The number of aliphatic hydroxyl groups excluding tert-OH is 2. The van der Waals surface area contributed by atoms with Crippen molar-refractivity contribution in [3.8, 4) is 0 Å². The molecule has 3 N–H and O–H groups in total. The van der Waals surface area contributed by atoms with Gasteiger partial charge in [0.25, 0.3) is 0 Å². The fourth-order valence-corrected chi connectivity index (χ4v) is 8.79. The summed E-state index contributed by atoms with van der Waals surface area (Å²) < 4.78 is 5.44. The first kappa shape index (κ1) is 62.3. The van der Waals surface area contributed by atoms with Crippen LogP contribution < -0.4 is 5.32 Å². The van der Waals surface area contributed by atoms with E-state index in [2.05, 4.69) is 43.5 Å². The summed E-state index contributed by atoms with van der Waals surface area (Å²) in [6.07, 6.45) is 64.5. The molecular formula is C58H111NO5. The lowest BCUT2D eigenvalue weighted by molar-refractivity contribution is -0.143. The molecule has 0 heterocycles. The van der Waals surface area contributed by atoms with Crippen LogP contribution in [0.25, 0.3) is 0 Å². The molecule has 0 spiro atoms. The van der Waals surface area contributed by atoms with E-state index in [0.29, 0.717) is 25.9 Å². The molecular weight excluding hydrogens is 791 g/mol. The summed E-state index contributed by atoms with van der Waals surface area (Å²) in [6, 6.07) is -0.563. The lowest BCUT2D eigenvalue weighted by Crippen LogP contribution is -2.45. The number of allylic oxidation sites excluding steroid dienone is 4. The smallest absolute Gasteiger partial charge is 0.305 e. The number of hydrogen-bond donors (Lipinski definition) is 3.